The Kier molecular flexibility index (Phi) is 4.23. The molecule has 1 aliphatic rings. The molecule has 20 heavy (non-hydrogen) atoms. The second-order valence-corrected chi connectivity index (χ2v) is 6.35. The maximum absolute atomic E-state index is 12.5. The Morgan fingerprint density at radius 2 is 2.00 bits per heavy atom. The Balaban J connectivity index is 2.24. The van der Waals surface area contributed by atoms with Crippen LogP contribution in [0.1, 0.15) is 67.3 Å². The predicted molar refractivity (Wildman–Crippen MR) is 80.0 cm³/mol. The van der Waals surface area contributed by atoms with Crippen molar-refractivity contribution in [2.45, 2.75) is 65.0 Å². The van der Waals surface area contributed by atoms with Gasteiger partial charge in [0.1, 0.15) is 0 Å². The van der Waals surface area contributed by atoms with Gasteiger partial charge < -0.3 is 15.0 Å². The highest BCUT2D eigenvalue weighted by molar-refractivity contribution is 5.96. The van der Waals surface area contributed by atoms with E-state index in [9.17, 15) is 9.90 Å². The van der Waals surface area contributed by atoms with Gasteiger partial charge in [-0.1, -0.05) is 12.8 Å². The molecule has 1 heterocycles. The number of rotatable bonds is 4. The van der Waals surface area contributed by atoms with E-state index in [1.54, 1.807) is 0 Å². The number of aliphatic hydroxyl groups excluding tert-OH is 1. The van der Waals surface area contributed by atoms with Gasteiger partial charge in [0.2, 0.25) is 0 Å². The number of hydrogen-bond donors (Lipinski definition) is 2. The molecule has 0 unspecified atom stereocenters. The largest absolute Gasteiger partial charge is 0.394 e. The minimum absolute atomic E-state index is 0.0294. The first kappa shape index (κ1) is 15.1. The van der Waals surface area contributed by atoms with E-state index in [-0.39, 0.29) is 12.5 Å². The van der Waals surface area contributed by atoms with Crippen LogP contribution >= 0.6 is 0 Å². The normalized spacial score (nSPS) is 17.7. The first-order valence-corrected chi connectivity index (χ1v) is 7.52. The van der Waals surface area contributed by atoms with Gasteiger partial charge in [-0.15, -0.1) is 0 Å². The lowest BCUT2D eigenvalue weighted by molar-refractivity contribution is 0.0837. The van der Waals surface area contributed by atoms with E-state index in [2.05, 4.69) is 23.7 Å². The van der Waals surface area contributed by atoms with Crippen LogP contribution in [0.15, 0.2) is 6.07 Å². The minimum Gasteiger partial charge on any atom is -0.394 e. The van der Waals surface area contributed by atoms with Gasteiger partial charge in [-0.25, -0.2) is 0 Å². The summed E-state index contributed by atoms with van der Waals surface area (Å²) in [6.07, 6.45) is 3.90. The quantitative estimate of drug-likeness (QED) is 0.889. The SMILES string of the molecule is Cc1cc(C(=O)NC2(CO)CCCC2)c(C)n1C(C)C. The zero-order valence-corrected chi connectivity index (χ0v) is 13.0. The van der Waals surface area contributed by atoms with Crippen LogP contribution in [0.3, 0.4) is 0 Å². The summed E-state index contributed by atoms with van der Waals surface area (Å²) in [6.45, 7) is 8.28. The summed E-state index contributed by atoms with van der Waals surface area (Å²) in [4.78, 5) is 12.5. The molecule has 112 valence electrons. The lowest BCUT2D eigenvalue weighted by Crippen LogP contribution is -2.49. The van der Waals surface area contributed by atoms with Gasteiger partial charge in [0.05, 0.1) is 17.7 Å². The molecule has 0 radical (unpaired) electrons. The maximum Gasteiger partial charge on any atom is 0.253 e. The number of carbonyl (C=O) groups is 1. The Morgan fingerprint density at radius 1 is 1.40 bits per heavy atom. The summed E-state index contributed by atoms with van der Waals surface area (Å²) >= 11 is 0. The summed E-state index contributed by atoms with van der Waals surface area (Å²) in [6, 6.07) is 2.29. The average molecular weight is 278 g/mol. The second-order valence-electron chi connectivity index (χ2n) is 6.35. The van der Waals surface area contributed by atoms with Gasteiger partial charge in [0.15, 0.2) is 0 Å². The fraction of sp³-hybridized carbons (Fsp3) is 0.688. The molecular weight excluding hydrogens is 252 g/mol. The molecule has 1 aromatic rings. The highest BCUT2D eigenvalue weighted by Crippen LogP contribution is 2.30. The van der Waals surface area contributed by atoms with Crippen LogP contribution in [-0.2, 0) is 0 Å². The Bertz CT molecular complexity index is 497. The highest BCUT2D eigenvalue weighted by atomic mass is 16.3. The lowest BCUT2D eigenvalue weighted by Gasteiger charge is -2.28. The summed E-state index contributed by atoms with van der Waals surface area (Å²) in [5.74, 6) is -0.0547. The summed E-state index contributed by atoms with van der Waals surface area (Å²) in [5.41, 5.74) is 2.43. The van der Waals surface area contributed by atoms with E-state index in [0.29, 0.717) is 6.04 Å². The molecule has 2 N–H and O–H groups in total. The van der Waals surface area contributed by atoms with E-state index in [1.165, 1.54) is 0 Å². The molecule has 4 heteroatoms. The van der Waals surface area contributed by atoms with Crippen LogP contribution in [0.2, 0.25) is 0 Å². The third-order valence-electron chi connectivity index (χ3n) is 4.49. The first-order chi connectivity index (χ1) is 9.40. The van der Waals surface area contributed by atoms with E-state index in [4.69, 9.17) is 0 Å². The maximum atomic E-state index is 12.5. The minimum atomic E-state index is -0.405. The van der Waals surface area contributed by atoms with Crippen molar-refractivity contribution >= 4 is 5.91 Å². The summed E-state index contributed by atoms with van der Waals surface area (Å²) in [5, 5.41) is 12.7. The highest BCUT2D eigenvalue weighted by Gasteiger charge is 2.35. The zero-order valence-electron chi connectivity index (χ0n) is 13.0. The fourth-order valence-corrected chi connectivity index (χ4v) is 3.48. The van der Waals surface area contributed by atoms with Gasteiger partial charge >= 0.3 is 0 Å². The molecule has 0 atom stereocenters. The van der Waals surface area contributed by atoms with Crippen molar-refractivity contribution in [3.05, 3.63) is 23.0 Å². The number of carbonyl (C=O) groups excluding carboxylic acids is 1. The van der Waals surface area contributed by atoms with E-state index in [0.717, 1.165) is 42.6 Å². The van der Waals surface area contributed by atoms with Crippen molar-refractivity contribution in [1.29, 1.82) is 0 Å². The van der Waals surface area contributed by atoms with Crippen molar-refractivity contribution in [3.8, 4) is 0 Å². The van der Waals surface area contributed by atoms with Crippen LogP contribution in [0.4, 0.5) is 0 Å². The van der Waals surface area contributed by atoms with Crippen LogP contribution in [0, 0.1) is 13.8 Å². The molecule has 4 nitrogen and oxygen atoms in total. The first-order valence-electron chi connectivity index (χ1n) is 7.52. The lowest BCUT2D eigenvalue weighted by atomic mass is 9.98. The Morgan fingerprint density at radius 3 is 2.45 bits per heavy atom. The molecular formula is C16H26N2O2. The summed E-state index contributed by atoms with van der Waals surface area (Å²) < 4.78 is 2.18. The number of hydrogen-bond acceptors (Lipinski definition) is 2. The number of aromatic nitrogens is 1. The van der Waals surface area contributed by atoms with E-state index >= 15 is 0 Å². The zero-order chi connectivity index (χ0) is 14.9. The number of aliphatic hydroxyl groups is 1. The van der Waals surface area contributed by atoms with Gasteiger partial charge in [-0.3, -0.25) is 4.79 Å². The van der Waals surface area contributed by atoms with Crippen LogP contribution in [0.5, 0.6) is 0 Å². The van der Waals surface area contributed by atoms with Crippen molar-refractivity contribution < 1.29 is 9.90 Å². The monoisotopic (exact) mass is 278 g/mol. The van der Waals surface area contributed by atoms with Gasteiger partial charge in [-0.05, 0) is 46.6 Å². The standard InChI is InChI=1S/C16H26N2O2/c1-11(2)18-12(3)9-14(13(18)4)15(20)17-16(10-19)7-5-6-8-16/h9,11,19H,5-8,10H2,1-4H3,(H,17,20). The molecule has 1 aliphatic carbocycles. The molecule has 0 aliphatic heterocycles. The van der Waals surface area contributed by atoms with E-state index in [1.807, 2.05) is 19.9 Å². The number of aryl methyl sites for hydroxylation is 1. The molecule has 0 bridgehead atoms. The van der Waals surface area contributed by atoms with Crippen LogP contribution < -0.4 is 5.32 Å². The summed E-state index contributed by atoms with van der Waals surface area (Å²) in [7, 11) is 0. The van der Waals surface area contributed by atoms with Crippen LogP contribution in [-0.4, -0.2) is 27.7 Å². The smallest absolute Gasteiger partial charge is 0.253 e. The predicted octanol–water partition coefficient (Wildman–Crippen LogP) is 2.72. The second kappa shape index (κ2) is 5.60. The third kappa shape index (κ3) is 2.62. The molecule has 1 aromatic heterocycles. The number of nitrogens with one attached hydrogen (secondary N) is 1. The van der Waals surface area contributed by atoms with Crippen molar-refractivity contribution in [2.75, 3.05) is 6.61 Å². The molecule has 1 amide bonds. The third-order valence-corrected chi connectivity index (χ3v) is 4.49. The van der Waals surface area contributed by atoms with Crippen molar-refractivity contribution in [3.63, 3.8) is 0 Å². The topological polar surface area (TPSA) is 54.3 Å². The molecule has 0 spiro atoms. The molecule has 2 rings (SSSR count). The van der Waals surface area contributed by atoms with E-state index < -0.39 is 5.54 Å². The van der Waals surface area contributed by atoms with Gasteiger partial charge in [0, 0.05) is 17.4 Å². The van der Waals surface area contributed by atoms with Gasteiger partial charge in [0.25, 0.3) is 5.91 Å². The average Bonchev–Trinajstić information content (AvgIpc) is 2.95. The molecule has 0 saturated heterocycles. The van der Waals surface area contributed by atoms with Crippen molar-refractivity contribution in [1.82, 2.24) is 9.88 Å². The number of nitrogens with zero attached hydrogens (tertiary/aromatic N) is 1. The Hall–Kier alpha value is -1.29. The molecule has 1 fully saturated rings. The number of amides is 1. The fourth-order valence-electron chi connectivity index (χ4n) is 3.48. The molecule has 1 saturated carbocycles. The van der Waals surface area contributed by atoms with Crippen LogP contribution in [0.25, 0.3) is 0 Å². The molecule has 0 aromatic carbocycles. The Labute approximate surface area is 121 Å². The van der Waals surface area contributed by atoms with Crippen molar-refractivity contribution in [2.24, 2.45) is 0 Å². The van der Waals surface area contributed by atoms with Gasteiger partial charge in [-0.2, -0.15) is 0 Å².